The van der Waals surface area contributed by atoms with E-state index >= 15 is 0 Å². The van der Waals surface area contributed by atoms with Crippen LogP contribution in [0.15, 0.2) is 24.3 Å². The summed E-state index contributed by atoms with van der Waals surface area (Å²) in [4.78, 5) is 23.0. The summed E-state index contributed by atoms with van der Waals surface area (Å²) < 4.78 is 5.83. The van der Waals surface area contributed by atoms with E-state index in [1.807, 2.05) is 0 Å². The van der Waals surface area contributed by atoms with Crippen LogP contribution in [0, 0.1) is 0 Å². The zero-order chi connectivity index (χ0) is 16.5. The highest BCUT2D eigenvalue weighted by molar-refractivity contribution is 5.95. The van der Waals surface area contributed by atoms with Crippen molar-refractivity contribution in [3.63, 3.8) is 0 Å². The molecule has 0 saturated heterocycles. The van der Waals surface area contributed by atoms with E-state index in [1.165, 1.54) is 39.0 Å². The Kier molecular flexibility index (Phi) is 7.07. The van der Waals surface area contributed by atoms with Crippen LogP contribution >= 0.6 is 0 Å². The average Bonchev–Trinajstić information content (AvgIpc) is 2.55. The van der Waals surface area contributed by atoms with Crippen molar-refractivity contribution in [1.29, 1.82) is 0 Å². The van der Waals surface area contributed by atoms with Crippen LogP contribution in [0.1, 0.15) is 55.8 Å². The van der Waals surface area contributed by atoms with E-state index in [1.54, 1.807) is 24.3 Å². The monoisotopic (exact) mass is 318 g/mol. The van der Waals surface area contributed by atoms with Crippen LogP contribution in [0.3, 0.4) is 0 Å². The first-order chi connectivity index (χ1) is 11.1. The third-order valence-corrected chi connectivity index (χ3v) is 3.98. The lowest BCUT2D eigenvalue weighted by molar-refractivity contribution is -0.114. The van der Waals surface area contributed by atoms with Gasteiger partial charge in [-0.2, -0.15) is 0 Å². The topological polar surface area (TPSA) is 67.4 Å². The summed E-state index contributed by atoms with van der Waals surface area (Å²) in [6.07, 6.45) is 7.47. The first kappa shape index (κ1) is 17.5. The van der Waals surface area contributed by atoms with Crippen molar-refractivity contribution in [2.45, 2.75) is 51.6 Å². The zero-order valence-corrected chi connectivity index (χ0v) is 13.8. The maximum atomic E-state index is 12.0. The molecule has 126 valence electrons. The molecule has 2 amide bonds. The summed E-state index contributed by atoms with van der Waals surface area (Å²) in [6.45, 7) is 2.77. The first-order valence-corrected chi connectivity index (χ1v) is 8.42. The molecule has 0 unspecified atom stereocenters. The minimum atomic E-state index is -0.125. The van der Waals surface area contributed by atoms with Gasteiger partial charge in [0, 0.05) is 31.3 Å². The molecule has 0 bridgehead atoms. The van der Waals surface area contributed by atoms with Crippen LogP contribution in [0.25, 0.3) is 0 Å². The summed E-state index contributed by atoms with van der Waals surface area (Å²) in [5, 5.41) is 5.57. The lowest BCUT2D eigenvalue weighted by Gasteiger charge is -2.21. The van der Waals surface area contributed by atoms with Crippen LogP contribution in [0.2, 0.25) is 0 Å². The van der Waals surface area contributed by atoms with Crippen LogP contribution in [0.4, 0.5) is 5.69 Å². The normalized spacial score (nSPS) is 15.2. The molecule has 0 atom stereocenters. The van der Waals surface area contributed by atoms with Crippen molar-refractivity contribution in [1.82, 2.24) is 5.32 Å². The number of benzene rings is 1. The summed E-state index contributed by atoms with van der Waals surface area (Å²) in [5.74, 6) is -0.225. The van der Waals surface area contributed by atoms with Crippen LogP contribution in [0.5, 0.6) is 0 Å². The molecule has 2 N–H and O–H groups in total. The lowest BCUT2D eigenvalue weighted by Crippen LogP contribution is -2.26. The van der Waals surface area contributed by atoms with Crippen molar-refractivity contribution >= 4 is 17.5 Å². The molecule has 1 aliphatic rings. The number of anilines is 1. The van der Waals surface area contributed by atoms with Crippen molar-refractivity contribution in [3.05, 3.63) is 29.8 Å². The van der Waals surface area contributed by atoms with Crippen molar-refractivity contribution in [2.75, 3.05) is 18.5 Å². The molecule has 0 aliphatic heterocycles. The fourth-order valence-corrected chi connectivity index (χ4v) is 2.77. The smallest absolute Gasteiger partial charge is 0.251 e. The van der Waals surface area contributed by atoms with E-state index in [-0.39, 0.29) is 11.8 Å². The van der Waals surface area contributed by atoms with Gasteiger partial charge in [0.15, 0.2) is 0 Å². The molecule has 5 nitrogen and oxygen atoms in total. The zero-order valence-electron chi connectivity index (χ0n) is 13.8. The Morgan fingerprint density at radius 2 is 1.83 bits per heavy atom. The van der Waals surface area contributed by atoms with Gasteiger partial charge < -0.3 is 15.4 Å². The maximum absolute atomic E-state index is 12.0. The van der Waals surface area contributed by atoms with Crippen LogP contribution < -0.4 is 10.6 Å². The predicted molar refractivity (Wildman–Crippen MR) is 90.5 cm³/mol. The molecule has 1 aliphatic carbocycles. The molecule has 2 rings (SSSR count). The number of rotatable bonds is 7. The predicted octanol–water partition coefficient (Wildman–Crippen LogP) is 3.11. The molecule has 23 heavy (non-hydrogen) atoms. The number of ether oxygens (including phenoxy) is 1. The molecule has 1 fully saturated rings. The summed E-state index contributed by atoms with van der Waals surface area (Å²) in [7, 11) is 0. The largest absolute Gasteiger partial charge is 0.378 e. The number of hydrogen-bond donors (Lipinski definition) is 2. The SMILES string of the molecule is CC(=O)Nc1ccc(C(=O)NCCCOC2CCCCC2)cc1. The second-order valence-corrected chi connectivity index (χ2v) is 6.00. The standard InChI is InChI=1S/C18H26N2O3/c1-14(21)20-16-10-8-15(9-11-16)18(22)19-12-5-13-23-17-6-3-2-4-7-17/h8-11,17H,2-7,12-13H2,1H3,(H,19,22)(H,20,21). The van der Waals surface area contributed by atoms with Crippen LogP contribution in [-0.2, 0) is 9.53 Å². The van der Waals surface area contributed by atoms with E-state index < -0.39 is 0 Å². The molecule has 1 aromatic carbocycles. The van der Waals surface area contributed by atoms with Gasteiger partial charge >= 0.3 is 0 Å². The van der Waals surface area contributed by atoms with Gasteiger partial charge in [-0.3, -0.25) is 9.59 Å². The van der Waals surface area contributed by atoms with E-state index in [0.29, 0.717) is 30.5 Å². The first-order valence-electron chi connectivity index (χ1n) is 8.42. The quantitative estimate of drug-likeness (QED) is 0.759. The molecule has 1 saturated carbocycles. The number of hydrogen-bond acceptors (Lipinski definition) is 3. The minimum absolute atomic E-state index is 0.1000. The number of carbonyl (C=O) groups excluding carboxylic acids is 2. The van der Waals surface area contributed by atoms with Crippen molar-refractivity contribution in [3.8, 4) is 0 Å². The summed E-state index contributed by atoms with van der Waals surface area (Å²) in [6, 6.07) is 6.86. The molecular formula is C18H26N2O3. The number of nitrogens with one attached hydrogen (secondary N) is 2. The Balaban J connectivity index is 1.63. The van der Waals surface area contributed by atoms with E-state index in [2.05, 4.69) is 10.6 Å². The van der Waals surface area contributed by atoms with E-state index in [4.69, 9.17) is 4.74 Å². The highest BCUT2D eigenvalue weighted by Crippen LogP contribution is 2.20. The molecule has 5 heteroatoms. The van der Waals surface area contributed by atoms with Gasteiger partial charge in [-0.25, -0.2) is 0 Å². The molecule has 1 aromatic rings. The Morgan fingerprint density at radius 3 is 2.48 bits per heavy atom. The van der Waals surface area contributed by atoms with E-state index in [0.717, 1.165) is 6.42 Å². The van der Waals surface area contributed by atoms with Gasteiger partial charge in [-0.1, -0.05) is 19.3 Å². The Hall–Kier alpha value is -1.88. The number of carbonyl (C=O) groups is 2. The third-order valence-electron chi connectivity index (χ3n) is 3.98. The number of amides is 2. The maximum Gasteiger partial charge on any atom is 0.251 e. The van der Waals surface area contributed by atoms with E-state index in [9.17, 15) is 9.59 Å². The molecular weight excluding hydrogens is 292 g/mol. The van der Waals surface area contributed by atoms with Crippen molar-refractivity contribution in [2.24, 2.45) is 0 Å². The average molecular weight is 318 g/mol. The highest BCUT2D eigenvalue weighted by atomic mass is 16.5. The summed E-state index contributed by atoms with van der Waals surface area (Å²) in [5.41, 5.74) is 1.28. The fourth-order valence-electron chi connectivity index (χ4n) is 2.77. The molecule has 0 aromatic heterocycles. The highest BCUT2D eigenvalue weighted by Gasteiger charge is 2.13. The minimum Gasteiger partial charge on any atom is -0.378 e. The van der Waals surface area contributed by atoms with Crippen molar-refractivity contribution < 1.29 is 14.3 Å². The van der Waals surface area contributed by atoms with Gasteiger partial charge in [0.2, 0.25) is 5.91 Å². The fraction of sp³-hybridized carbons (Fsp3) is 0.556. The second-order valence-electron chi connectivity index (χ2n) is 6.00. The Labute approximate surface area is 137 Å². The molecule has 0 radical (unpaired) electrons. The third kappa shape index (κ3) is 6.40. The second kappa shape index (κ2) is 9.30. The lowest BCUT2D eigenvalue weighted by atomic mass is 9.98. The summed E-state index contributed by atoms with van der Waals surface area (Å²) >= 11 is 0. The Bertz CT molecular complexity index is 508. The van der Waals surface area contributed by atoms with Crippen LogP contribution in [-0.4, -0.2) is 31.1 Å². The molecule has 0 spiro atoms. The van der Waals surface area contributed by atoms with Gasteiger partial charge in [0.25, 0.3) is 5.91 Å². The van der Waals surface area contributed by atoms with Gasteiger partial charge in [0.05, 0.1) is 6.10 Å². The van der Waals surface area contributed by atoms with Gasteiger partial charge in [-0.05, 0) is 43.5 Å². The van der Waals surface area contributed by atoms with Gasteiger partial charge in [0.1, 0.15) is 0 Å². The molecule has 0 heterocycles. The Morgan fingerprint density at radius 1 is 1.13 bits per heavy atom. The van der Waals surface area contributed by atoms with Gasteiger partial charge in [-0.15, -0.1) is 0 Å².